The van der Waals surface area contributed by atoms with Crippen molar-refractivity contribution in [3.8, 4) is 6.07 Å². The summed E-state index contributed by atoms with van der Waals surface area (Å²) < 4.78 is 29.6. The summed E-state index contributed by atoms with van der Waals surface area (Å²) >= 11 is 0. The van der Waals surface area contributed by atoms with Crippen molar-refractivity contribution in [2.75, 3.05) is 7.11 Å². The Kier molecular flexibility index (Phi) is 3.93. The molecule has 17 heavy (non-hydrogen) atoms. The van der Waals surface area contributed by atoms with Gasteiger partial charge >= 0.3 is 5.97 Å². The second-order valence-corrected chi connectivity index (χ2v) is 3.10. The highest BCUT2D eigenvalue weighted by Gasteiger charge is 2.20. The van der Waals surface area contributed by atoms with Gasteiger partial charge in [-0.15, -0.1) is 0 Å². The van der Waals surface area contributed by atoms with Crippen LogP contribution in [0.4, 0.5) is 8.78 Å². The molecule has 0 spiro atoms. The van der Waals surface area contributed by atoms with Gasteiger partial charge < -0.3 is 9.72 Å². The van der Waals surface area contributed by atoms with E-state index >= 15 is 0 Å². The Morgan fingerprint density at radius 3 is 2.76 bits per heavy atom. The summed E-state index contributed by atoms with van der Waals surface area (Å²) in [6.45, 7) is 0. The van der Waals surface area contributed by atoms with Gasteiger partial charge in [-0.05, 0) is 0 Å². The van der Waals surface area contributed by atoms with Gasteiger partial charge in [0, 0.05) is 11.6 Å². The number of rotatable bonds is 3. The molecule has 0 amide bonds. The van der Waals surface area contributed by atoms with Gasteiger partial charge in [0.2, 0.25) is 0 Å². The molecular weight excluding hydrogens is 234 g/mol. The summed E-state index contributed by atoms with van der Waals surface area (Å²) in [6.07, 6.45) is -3.53. The summed E-state index contributed by atoms with van der Waals surface area (Å²) in [7, 11) is 1.09. The fourth-order valence-corrected chi connectivity index (χ4v) is 1.25. The van der Waals surface area contributed by atoms with E-state index in [0.717, 1.165) is 13.2 Å². The first-order valence-corrected chi connectivity index (χ1v) is 4.50. The Morgan fingerprint density at radius 1 is 1.65 bits per heavy atom. The number of halogens is 2. The Labute approximate surface area is 94.6 Å². The largest absolute Gasteiger partial charge is 0.469 e. The van der Waals surface area contributed by atoms with Crippen LogP contribution in [-0.4, -0.2) is 18.1 Å². The van der Waals surface area contributed by atoms with Crippen LogP contribution in [0.5, 0.6) is 0 Å². The van der Waals surface area contributed by atoms with E-state index in [2.05, 4.69) is 9.72 Å². The van der Waals surface area contributed by atoms with E-state index in [1.165, 1.54) is 0 Å². The summed E-state index contributed by atoms with van der Waals surface area (Å²) in [5, 5.41) is 8.53. The van der Waals surface area contributed by atoms with E-state index in [1.54, 1.807) is 6.07 Å². The number of pyridine rings is 1. The molecule has 0 aliphatic rings. The lowest BCUT2D eigenvalue weighted by molar-refractivity contribution is -0.139. The highest BCUT2D eigenvalue weighted by molar-refractivity contribution is 5.72. The fraction of sp³-hybridized carbons (Fsp3) is 0.300. The molecule has 0 unspecified atom stereocenters. The van der Waals surface area contributed by atoms with Gasteiger partial charge in [-0.1, -0.05) is 0 Å². The van der Waals surface area contributed by atoms with Crippen molar-refractivity contribution in [2.45, 2.75) is 12.8 Å². The van der Waals surface area contributed by atoms with Crippen molar-refractivity contribution in [2.24, 2.45) is 0 Å². The minimum atomic E-state index is -2.98. The van der Waals surface area contributed by atoms with Gasteiger partial charge in [-0.3, -0.25) is 9.59 Å². The molecule has 5 nitrogen and oxygen atoms in total. The van der Waals surface area contributed by atoms with Crippen molar-refractivity contribution >= 4 is 5.97 Å². The van der Waals surface area contributed by atoms with Crippen molar-refractivity contribution < 1.29 is 18.3 Å². The van der Waals surface area contributed by atoms with Crippen LogP contribution >= 0.6 is 0 Å². The SMILES string of the molecule is COC(=O)Cc1c(C(F)F)[nH]c(C#N)cc1=O. The molecule has 1 aromatic heterocycles. The molecule has 90 valence electrons. The molecule has 0 bridgehead atoms. The molecule has 1 rings (SSSR count). The van der Waals surface area contributed by atoms with Gasteiger partial charge in [0.05, 0.1) is 19.2 Å². The first-order chi connectivity index (χ1) is 7.99. The number of nitriles is 1. The Morgan fingerprint density at radius 2 is 2.29 bits per heavy atom. The number of hydrogen-bond donors (Lipinski definition) is 1. The van der Waals surface area contributed by atoms with Crippen LogP contribution < -0.4 is 5.43 Å². The summed E-state index contributed by atoms with van der Waals surface area (Å²) in [5.41, 5.74) is -2.18. The molecule has 0 atom stereocenters. The molecule has 1 N–H and O–H groups in total. The molecule has 0 aliphatic heterocycles. The minimum absolute atomic E-state index is 0.279. The quantitative estimate of drug-likeness (QED) is 0.798. The topological polar surface area (TPSA) is 82.9 Å². The minimum Gasteiger partial charge on any atom is -0.469 e. The number of nitrogens with zero attached hydrogens (tertiary/aromatic N) is 1. The number of carbonyl (C=O) groups excluding carboxylic acids is 1. The molecule has 1 aromatic rings. The number of nitrogens with one attached hydrogen (secondary N) is 1. The third kappa shape index (κ3) is 2.87. The zero-order valence-electron chi connectivity index (χ0n) is 8.79. The van der Waals surface area contributed by atoms with Crippen LogP contribution in [0.15, 0.2) is 10.9 Å². The molecule has 0 fully saturated rings. The monoisotopic (exact) mass is 242 g/mol. The second-order valence-electron chi connectivity index (χ2n) is 3.10. The number of carbonyl (C=O) groups is 1. The first-order valence-electron chi connectivity index (χ1n) is 4.50. The maximum absolute atomic E-state index is 12.6. The third-order valence-corrected chi connectivity index (χ3v) is 2.05. The number of aromatic nitrogens is 1. The van der Waals surface area contributed by atoms with Gasteiger partial charge in [0.1, 0.15) is 11.8 Å². The number of methoxy groups -OCH3 is 1. The van der Waals surface area contributed by atoms with Crippen LogP contribution in [0.3, 0.4) is 0 Å². The van der Waals surface area contributed by atoms with Crippen molar-refractivity contribution in [1.29, 1.82) is 5.26 Å². The van der Waals surface area contributed by atoms with E-state index in [1.807, 2.05) is 0 Å². The predicted molar refractivity (Wildman–Crippen MR) is 52.5 cm³/mol. The Hall–Kier alpha value is -2.23. The van der Waals surface area contributed by atoms with E-state index in [-0.39, 0.29) is 11.3 Å². The zero-order chi connectivity index (χ0) is 13.0. The normalized spacial score (nSPS) is 10.1. The molecule has 0 aromatic carbocycles. The van der Waals surface area contributed by atoms with E-state index in [0.29, 0.717) is 0 Å². The second kappa shape index (κ2) is 5.21. The average Bonchev–Trinajstić information content (AvgIpc) is 2.30. The Balaban J connectivity index is 3.33. The van der Waals surface area contributed by atoms with Gasteiger partial charge in [0.15, 0.2) is 5.43 Å². The predicted octanol–water partition coefficient (Wildman–Crippen LogP) is 0.900. The first kappa shape index (κ1) is 12.8. The number of ether oxygens (including phenoxy) is 1. The van der Waals surface area contributed by atoms with Gasteiger partial charge in [-0.2, -0.15) is 5.26 Å². The smallest absolute Gasteiger partial charge is 0.310 e. The lowest BCUT2D eigenvalue weighted by Crippen LogP contribution is -2.19. The summed E-state index contributed by atoms with van der Waals surface area (Å²) in [5.74, 6) is -0.804. The highest BCUT2D eigenvalue weighted by Crippen LogP contribution is 2.19. The van der Waals surface area contributed by atoms with Crippen LogP contribution in [-0.2, 0) is 16.0 Å². The van der Waals surface area contributed by atoms with Crippen molar-refractivity contribution in [3.05, 3.63) is 33.2 Å². The van der Waals surface area contributed by atoms with Crippen LogP contribution in [0.1, 0.15) is 23.4 Å². The number of alkyl halides is 2. The van der Waals surface area contributed by atoms with E-state index < -0.39 is 29.9 Å². The summed E-state index contributed by atoms with van der Waals surface area (Å²) in [6, 6.07) is 2.42. The Bertz CT molecular complexity index is 531. The molecule has 0 radical (unpaired) electrons. The van der Waals surface area contributed by atoms with E-state index in [9.17, 15) is 18.4 Å². The lowest BCUT2D eigenvalue weighted by Gasteiger charge is -2.07. The molecule has 0 saturated carbocycles. The molecule has 7 heteroatoms. The van der Waals surface area contributed by atoms with Crippen molar-refractivity contribution in [1.82, 2.24) is 4.98 Å². The van der Waals surface area contributed by atoms with Crippen molar-refractivity contribution in [3.63, 3.8) is 0 Å². The number of H-pyrrole nitrogens is 1. The fourth-order valence-electron chi connectivity index (χ4n) is 1.25. The van der Waals surface area contributed by atoms with Gasteiger partial charge in [0.25, 0.3) is 6.43 Å². The lowest BCUT2D eigenvalue weighted by atomic mass is 10.1. The number of aromatic amines is 1. The maximum atomic E-state index is 12.6. The number of hydrogen-bond acceptors (Lipinski definition) is 4. The molecular formula is C10H8F2N2O3. The number of esters is 1. The van der Waals surface area contributed by atoms with Crippen LogP contribution in [0.25, 0.3) is 0 Å². The van der Waals surface area contributed by atoms with E-state index in [4.69, 9.17) is 5.26 Å². The highest BCUT2D eigenvalue weighted by atomic mass is 19.3. The van der Waals surface area contributed by atoms with Crippen LogP contribution in [0, 0.1) is 11.3 Å². The third-order valence-electron chi connectivity index (χ3n) is 2.05. The zero-order valence-corrected chi connectivity index (χ0v) is 8.79. The van der Waals surface area contributed by atoms with Crippen LogP contribution in [0.2, 0.25) is 0 Å². The molecule has 0 saturated heterocycles. The standard InChI is InChI=1S/C10H8F2N2O3/c1-17-8(16)3-6-7(15)2-5(4-13)14-9(6)10(11)12/h2,10H,3H2,1H3,(H,14,15). The maximum Gasteiger partial charge on any atom is 0.310 e. The molecule has 1 heterocycles. The van der Waals surface area contributed by atoms with Gasteiger partial charge in [-0.25, -0.2) is 8.78 Å². The molecule has 0 aliphatic carbocycles. The summed E-state index contributed by atoms with van der Waals surface area (Å²) in [4.78, 5) is 24.6. The average molecular weight is 242 g/mol.